The van der Waals surface area contributed by atoms with E-state index >= 15 is 0 Å². The first-order chi connectivity index (χ1) is 9.63. The first kappa shape index (κ1) is 15.0. The number of amides is 1. The van der Waals surface area contributed by atoms with E-state index in [4.69, 9.17) is 4.74 Å². The van der Waals surface area contributed by atoms with Crippen LogP contribution in [0.1, 0.15) is 18.2 Å². The van der Waals surface area contributed by atoms with Crippen molar-refractivity contribution in [2.24, 2.45) is 5.92 Å². The van der Waals surface area contributed by atoms with E-state index in [9.17, 15) is 14.7 Å². The van der Waals surface area contributed by atoms with Gasteiger partial charge in [-0.3, -0.25) is 9.59 Å². The fourth-order valence-electron chi connectivity index (χ4n) is 2.51. The highest BCUT2D eigenvalue weighted by atomic mass is 32.1. The summed E-state index contributed by atoms with van der Waals surface area (Å²) in [6.45, 7) is 2.89. The largest absolute Gasteiger partial charge is 0.481 e. The summed E-state index contributed by atoms with van der Waals surface area (Å²) in [5, 5.41) is 11.2. The number of carbonyl (C=O) groups excluding carboxylic acids is 1. The minimum absolute atomic E-state index is 0.00245. The van der Waals surface area contributed by atoms with Crippen LogP contribution in [0.4, 0.5) is 0 Å². The highest BCUT2D eigenvalue weighted by Gasteiger charge is 2.39. The summed E-state index contributed by atoms with van der Waals surface area (Å²) in [6, 6.07) is 3.63. The van der Waals surface area contributed by atoms with Crippen molar-refractivity contribution in [2.45, 2.75) is 25.8 Å². The summed E-state index contributed by atoms with van der Waals surface area (Å²) in [4.78, 5) is 26.3. The Morgan fingerprint density at radius 2 is 2.30 bits per heavy atom. The van der Waals surface area contributed by atoms with E-state index in [1.54, 1.807) is 16.2 Å². The number of rotatable bonds is 6. The van der Waals surface area contributed by atoms with Crippen molar-refractivity contribution in [1.82, 2.24) is 4.90 Å². The Hall–Kier alpha value is -1.40. The van der Waals surface area contributed by atoms with Crippen LogP contribution in [0.15, 0.2) is 17.5 Å². The maximum absolute atomic E-state index is 12.3. The number of likely N-dealkylation sites (N-methyl/N-ethyl adjacent to an activating group) is 1. The van der Waals surface area contributed by atoms with Gasteiger partial charge in [-0.2, -0.15) is 0 Å². The van der Waals surface area contributed by atoms with Crippen LogP contribution in [0.3, 0.4) is 0 Å². The van der Waals surface area contributed by atoms with Crippen molar-refractivity contribution >= 4 is 23.2 Å². The van der Waals surface area contributed by atoms with E-state index in [1.807, 2.05) is 24.4 Å². The van der Waals surface area contributed by atoms with E-state index in [2.05, 4.69) is 0 Å². The van der Waals surface area contributed by atoms with Crippen molar-refractivity contribution in [2.75, 3.05) is 19.8 Å². The van der Waals surface area contributed by atoms with E-state index in [-0.39, 0.29) is 18.6 Å². The lowest BCUT2D eigenvalue weighted by atomic mass is 10.0. The fraction of sp³-hybridized carbons (Fsp3) is 0.571. The molecular weight excluding hydrogens is 278 g/mol. The number of carboxylic acids is 1. The van der Waals surface area contributed by atoms with Crippen molar-refractivity contribution in [3.8, 4) is 0 Å². The number of aliphatic carboxylic acids is 1. The molecule has 0 spiro atoms. The van der Waals surface area contributed by atoms with Gasteiger partial charge in [-0.25, -0.2) is 0 Å². The number of carboxylic acid groups (broad SMARTS) is 1. The quantitative estimate of drug-likeness (QED) is 0.866. The summed E-state index contributed by atoms with van der Waals surface area (Å²) in [6.07, 6.45) is 1.12. The molecule has 0 aromatic carbocycles. The van der Waals surface area contributed by atoms with Crippen molar-refractivity contribution < 1.29 is 19.4 Å². The van der Waals surface area contributed by atoms with Gasteiger partial charge in [-0.1, -0.05) is 6.07 Å². The standard InChI is InChI=1S/C14H19NO4S/c1-2-15(12-9-19-8-11(12)14(17)18)13(16)6-5-10-4-3-7-20-10/h3-4,7,11-12H,2,5-6,8-9H2,1H3,(H,17,18). The maximum Gasteiger partial charge on any atom is 0.311 e. The average Bonchev–Trinajstić information content (AvgIpc) is 3.08. The molecule has 2 heterocycles. The van der Waals surface area contributed by atoms with E-state index in [0.29, 0.717) is 26.0 Å². The molecule has 110 valence electrons. The van der Waals surface area contributed by atoms with Gasteiger partial charge in [-0.15, -0.1) is 11.3 Å². The summed E-state index contributed by atoms with van der Waals surface area (Å²) in [5.41, 5.74) is 0. The van der Waals surface area contributed by atoms with Gasteiger partial charge in [0.05, 0.1) is 19.3 Å². The molecular formula is C14H19NO4S. The normalized spacial score (nSPS) is 21.9. The van der Waals surface area contributed by atoms with Gasteiger partial charge in [0.2, 0.25) is 5.91 Å². The zero-order valence-corrected chi connectivity index (χ0v) is 12.3. The molecule has 6 heteroatoms. The Labute approximate surface area is 122 Å². The lowest BCUT2D eigenvalue weighted by Crippen LogP contribution is -2.46. The van der Waals surface area contributed by atoms with Gasteiger partial charge in [0.15, 0.2) is 0 Å². The monoisotopic (exact) mass is 297 g/mol. The van der Waals surface area contributed by atoms with Gasteiger partial charge in [0.1, 0.15) is 5.92 Å². The predicted octanol–water partition coefficient (Wildman–Crippen LogP) is 1.63. The van der Waals surface area contributed by atoms with Gasteiger partial charge in [0, 0.05) is 17.8 Å². The lowest BCUT2D eigenvalue weighted by Gasteiger charge is -2.29. The van der Waals surface area contributed by atoms with Crippen LogP contribution in [-0.2, 0) is 20.7 Å². The molecule has 1 aromatic heterocycles. The highest BCUT2D eigenvalue weighted by molar-refractivity contribution is 7.09. The predicted molar refractivity (Wildman–Crippen MR) is 75.8 cm³/mol. The summed E-state index contributed by atoms with van der Waals surface area (Å²) >= 11 is 1.63. The zero-order chi connectivity index (χ0) is 14.5. The fourth-order valence-corrected chi connectivity index (χ4v) is 3.22. The molecule has 1 saturated heterocycles. The van der Waals surface area contributed by atoms with Crippen LogP contribution in [0.25, 0.3) is 0 Å². The van der Waals surface area contributed by atoms with Gasteiger partial charge >= 0.3 is 5.97 Å². The van der Waals surface area contributed by atoms with E-state index in [1.165, 1.54) is 4.88 Å². The summed E-state index contributed by atoms with van der Waals surface area (Å²) in [5.74, 6) is -1.50. The summed E-state index contributed by atoms with van der Waals surface area (Å²) in [7, 11) is 0. The number of hydrogen-bond acceptors (Lipinski definition) is 4. The van der Waals surface area contributed by atoms with Crippen LogP contribution >= 0.6 is 11.3 Å². The molecule has 2 atom stereocenters. The molecule has 0 radical (unpaired) electrons. The Kier molecular flexibility index (Phi) is 5.14. The van der Waals surface area contributed by atoms with Crippen LogP contribution in [-0.4, -0.2) is 47.7 Å². The van der Waals surface area contributed by atoms with E-state index < -0.39 is 11.9 Å². The number of nitrogens with zero attached hydrogens (tertiary/aromatic N) is 1. The minimum Gasteiger partial charge on any atom is -0.481 e. The SMILES string of the molecule is CCN(C(=O)CCc1cccs1)C1COCC1C(=O)O. The first-order valence-corrected chi connectivity index (χ1v) is 7.63. The Morgan fingerprint density at radius 3 is 2.90 bits per heavy atom. The lowest BCUT2D eigenvalue weighted by molar-refractivity contribution is -0.145. The molecule has 1 aliphatic rings. The minimum atomic E-state index is -0.892. The van der Waals surface area contributed by atoms with Crippen LogP contribution in [0.2, 0.25) is 0 Å². The molecule has 1 aromatic rings. The van der Waals surface area contributed by atoms with Crippen molar-refractivity contribution in [3.05, 3.63) is 22.4 Å². The molecule has 5 nitrogen and oxygen atoms in total. The second-order valence-corrected chi connectivity index (χ2v) is 5.84. The van der Waals surface area contributed by atoms with Gasteiger partial charge < -0.3 is 14.7 Å². The molecule has 1 N–H and O–H groups in total. The highest BCUT2D eigenvalue weighted by Crippen LogP contribution is 2.21. The number of ether oxygens (including phenoxy) is 1. The number of aryl methyl sites for hydroxylation is 1. The molecule has 0 saturated carbocycles. The maximum atomic E-state index is 12.3. The second kappa shape index (κ2) is 6.85. The summed E-state index contributed by atoms with van der Waals surface area (Å²) < 4.78 is 5.24. The third-order valence-electron chi connectivity index (χ3n) is 3.59. The third-order valence-corrected chi connectivity index (χ3v) is 4.53. The number of carbonyl (C=O) groups is 2. The molecule has 0 bridgehead atoms. The molecule has 2 unspecified atom stereocenters. The van der Waals surface area contributed by atoms with Crippen LogP contribution in [0.5, 0.6) is 0 Å². The molecule has 0 aliphatic carbocycles. The topological polar surface area (TPSA) is 66.8 Å². The molecule has 2 rings (SSSR count). The number of hydrogen-bond donors (Lipinski definition) is 1. The molecule has 1 amide bonds. The Bertz CT molecular complexity index is 460. The van der Waals surface area contributed by atoms with Gasteiger partial charge in [0.25, 0.3) is 0 Å². The zero-order valence-electron chi connectivity index (χ0n) is 11.4. The van der Waals surface area contributed by atoms with Crippen molar-refractivity contribution in [3.63, 3.8) is 0 Å². The Balaban J connectivity index is 1.96. The van der Waals surface area contributed by atoms with Crippen LogP contribution < -0.4 is 0 Å². The first-order valence-electron chi connectivity index (χ1n) is 6.76. The average molecular weight is 297 g/mol. The number of thiophene rings is 1. The third kappa shape index (κ3) is 3.37. The van der Waals surface area contributed by atoms with Crippen LogP contribution in [0, 0.1) is 5.92 Å². The van der Waals surface area contributed by atoms with E-state index in [0.717, 1.165) is 0 Å². The Morgan fingerprint density at radius 1 is 1.50 bits per heavy atom. The van der Waals surface area contributed by atoms with Gasteiger partial charge in [-0.05, 0) is 24.8 Å². The van der Waals surface area contributed by atoms with Crippen molar-refractivity contribution in [1.29, 1.82) is 0 Å². The molecule has 1 aliphatic heterocycles. The molecule has 20 heavy (non-hydrogen) atoms. The second-order valence-electron chi connectivity index (χ2n) is 4.81. The smallest absolute Gasteiger partial charge is 0.311 e. The molecule has 1 fully saturated rings.